The van der Waals surface area contributed by atoms with Crippen molar-refractivity contribution < 1.29 is 17.0 Å². The highest BCUT2D eigenvalue weighted by atomic mass is 32.2. The summed E-state index contributed by atoms with van der Waals surface area (Å²) in [6.45, 7) is 14.8. The minimum absolute atomic E-state index is 0.000161. The van der Waals surface area contributed by atoms with Gasteiger partial charge in [0, 0.05) is 0 Å². The second kappa shape index (κ2) is 7.20. The lowest BCUT2D eigenvalue weighted by Gasteiger charge is -2.35. The number of rotatable bonds is 8. The third kappa shape index (κ3) is 8.07. The molecule has 0 aliphatic heterocycles. The Morgan fingerprint density at radius 2 is 1.68 bits per heavy atom. The van der Waals surface area contributed by atoms with Gasteiger partial charge < -0.3 is 4.43 Å². The Morgan fingerprint density at radius 1 is 1.16 bits per heavy atom. The Balaban J connectivity index is 4.18. The van der Waals surface area contributed by atoms with Crippen molar-refractivity contribution in [3.8, 4) is 0 Å². The van der Waals surface area contributed by atoms with Crippen LogP contribution in [-0.2, 0) is 18.7 Å². The highest BCUT2D eigenvalue weighted by Crippen LogP contribution is 2.36. The van der Waals surface area contributed by atoms with E-state index in [0.717, 1.165) is 12.8 Å². The van der Waals surface area contributed by atoms with Crippen molar-refractivity contribution in [1.29, 1.82) is 0 Å². The van der Waals surface area contributed by atoms with Crippen LogP contribution in [0.15, 0.2) is 0 Å². The van der Waals surface area contributed by atoms with Crippen LogP contribution >= 0.6 is 0 Å². The predicted octanol–water partition coefficient (Wildman–Crippen LogP) is 3.75. The molecule has 0 spiro atoms. The van der Waals surface area contributed by atoms with Crippen molar-refractivity contribution in [3.63, 3.8) is 0 Å². The lowest BCUT2D eigenvalue weighted by molar-refractivity contribution is 0.268. The fourth-order valence-corrected chi connectivity index (χ4v) is 3.78. The molecule has 4 nitrogen and oxygen atoms in total. The number of hydrogen-bond donors (Lipinski definition) is 0. The number of hydrogen-bond acceptors (Lipinski definition) is 4. The Bertz CT molecular complexity index is 355. The first-order valence-electron chi connectivity index (χ1n) is 6.88. The molecule has 0 heterocycles. The fourth-order valence-electron chi connectivity index (χ4n) is 1.15. The van der Waals surface area contributed by atoms with Crippen LogP contribution in [0.3, 0.4) is 0 Å². The van der Waals surface area contributed by atoms with Gasteiger partial charge in [0.1, 0.15) is 0 Å². The molecule has 116 valence electrons. The van der Waals surface area contributed by atoms with Crippen molar-refractivity contribution in [3.05, 3.63) is 0 Å². The minimum Gasteiger partial charge on any atom is -0.401 e. The Morgan fingerprint density at radius 3 is 2.11 bits per heavy atom. The third-order valence-corrected chi connectivity index (χ3v) is 9.18. The highest BCUT2D eigenvalue weighted by Gasteiger charge is 2.38. The summed E-state index contributed by atoms with van der Waals surface area (Å²) in [6.07, 6.45) is 1.73. The first-order valence-corrected chi connectivity index (χ1v) is 11.4. The van der Waals surface area contributed by atoms with E-state index in [1.807, 2.05) is 13.1 Å². The SMILES string of the molecule is CC(C)CCCOS(=O)(=O)CO[Si](C)(C)C(C)(C)C. The molecule has 19 heavy (non-hydrogen) atoms. The molecule has 0 aromatic rings. The van der Waals surface area contributed by atoms with Gasteiger partial charge >= 0.3 is 0 Å². The largest absolute Gasteiger partial charge is 0.401 e. The van der Waals surface area contributed by atoms with Gasteiger partial charge in [-0.3, -0.25) is 4.18 Å². The summed E-state index contributed by atoms with van der Waals surface area (Å²) in [5.74, 6) is 0.236. The van der Waals surface area contributed by atoms with E-state index in [-0.39, 0.29) is 17.6 Å². The summed E-state index contributed by atoms with van der Waals surface area (Å²) in [6, 6.07) is 0. The molecule has 0 saturated carbocycles. The lowest BCUT2D eigenvalue weighted by Crippen LogP contribution is -2.42. The van der Waals surface area contributed by atoms with Crippen LogP contribution in [0.5, 0.6) is 0 Å². The van der Waals surface area contributed by atoms with Crippen molar-refractivity contribution in [2.45, 2.75) is 65.6 Å². The summed E-state index contributed by atoms with van der Waals surface area (Å²) in [4.78, 5) is 0. The van der Waals surface area contributed by atoms with Crippen LogP contribution in [0.25, 0.3) is 0 Å². The van der Waals surface area contributed by atoms with Crippen LogP contribution in [0.4, 0.5) is 0 Å². The van der Waals surface area contributed by atoms with Gasteiger partial charge in [-0.2, -0.15) is 8.42 Å². The predicted molar refractivity (Wildman–Crippen MR) is 82.1 cm³/mol. The van der Waals surface area contributed by atoms with Crippen molar-refractivity contribution in [1.82, 2.24) is 0 Å². The molecule has 0 amide bonds. The van der Waals surface area contributed by atoms with Gasteiger partial charge in [-0.15, -0.1) is 0 Å². The van der Waals surface area contributed by atoms with Crippen LogP contribution in [0, 0.1) is 5.92 Å². The molecule has 0 rings (SSSR count). The minimum atomic E-state index is -3.56. The Labute approximate surface area is 120 Å². The zero-order chi connectivity index (χ0) is 15.3. The standard InChI is InChI=1S/C13H30O4SSi/c1-12(2)9-8-10-16-18(14,15)11-17-19(6,7)13(3,4)5/h12H,8-11H2,1-7H3. The quantitative estimate of drug-likeness (QED) is 0.389. The smallest absolute Gasteiger partial charge is 0.290 e. The van der Waals surface area contributed by atoms with E-state index in [2.05, 4.69) is 34.6 Å². The monoisotopic (exact) mass is 310 g/mol. The molecule has 6 heteroatoms. The van der Waals surface area contributed by atoms with Crippen LogP contribution in [-0.4, -0.2) is 29.3 Å². The maximum absolute atomic E-state index is 11.7. The molecule has 0 saturated heterocycles. The van der Waals surface area contributed by atoms with Gasteiger partial charge in [0.2, 0.25) is 0 Å². The van der Waals surface area contributed by atoms with E-state index in [9.17, 15) is 8.42 Å². The fraction of sp³-hybridized carbons (Fsp3) is 1.00. The van der Waals surface area contributed by atoms with E-state index in [1.165, 1.54) is 0 Å². The second-order valence-corrected chi connectivity index (χ2v) is 13.3. The van der Waals surface area contributed by atoms with Crippen molar-refractivity contribution in [2.24, 2.45) is 5.92 Å². The molecule has 0 unspecified atom stereocenters. The summed E-state index contributed by atoms with van der Waals surface area (Å²) >= 11 is 0. The molecule has 0 aliphatic carbocycles. The van der Waals surface area contributed by atoms with E-state index in [0.29, 0.717) is 5.92 Å². The molecule has 0 aromatic carbocycles. The van der Waals surface area contributed by atoms with Crippen molar-refractivity contribution in [2.75, 3.05) is 12.5 Å². The highest BCUT2D eigenvalue weighted by molar-refractivity contribution is 7.86. The van der Waals surface area contributed by atoms with E-state index in [4.69, 9.17) is 8.61 Å². The van der Waals surface area contributed by atoms with Crippen LogP contribution in [0.1, 0.15) is 47.5 Å². The van der Waals surface area contributed by atoms with Gasteiger partial charge in [-0.1, -0.05) is 34.6 Å². The second-order valence-electron chi connectivity index (χ2n) is 6.94. The van der Waals surface area contributed by atoms with Crippen LogP contribution in [0.2, 0.25) is 18.1 Å². The first-order chi connectivity index (χ1) is 8.37. The zero-order valence-electron chi connectivity index (χ0n) is 13.4. The molecule has 0 bridgehead atoms. The zero-order valence-corrected chi connectivity index (χ0v) is 15.3. The van der Waals surface area contributed by atoms with Crippen molar-refractivity contribution >= 4 is 18.4 Å². The molecule has 0 N–H and O–H groups in total. The Kier molecular flexibility index (Phi) is 7.23. The molecular weight excluding hydrogens is 280 g/mol. The molecule has 0 fully saturated rings. The lowest BCUT2D eigenvalue weighted by atomic mass is 10.1. The van der Waals surface area contributed by atoms with Gasteiger partial charge in [-0.25, -0.2) is 0 Å². The molecular formula is C13H30O4SSi. The maximum Gasteiger partial charge on any atom is 0.290 e. The van der Waals surface area contributed by atoms with Gasteiger partial charge in [0.25, 0.3) is 10.1 Å². The van der Waals surface area contributed by atoms with Crippen LogP contribution < -0.4 is 0 Å². The molecule has 0 radical (unpaired) electrons. The summed E-state index contributed by atoms with van der Waals surface area (Å²) in [5.41, 5.74) is 0. The van der Waals surface area contributed by atoms with Gasteiger partial charge in [-0.05, 0) is 36.9 Å². The normalized spacial score (nSPS) is 14.1. The van der Waals surface area contributed by atoms with Gasteiger partial charge in [0.05, 0.1) is 6.61 Å². The van der Waals surface area contributed by atoms with E-state index < -0.39 is 18.4 Å². The third-order valence-electron chi connectivity index (χ3n) is 3.56. The average molecular weight is 311 g/mol. The summed E-state index contributed by atoms with van der Waals surface area (Å²) in [7, 11) is -5.60. The first kappa shape index (κ1) is 19.1. The topological polar surface area (TPSA) is 52.6 Å². The molecule has 0 aliphatic rings. The summed E-state index contributed by atoms with van der Waals surface area (Å²) < 4.78 is 34.1. The van der Waals surface area contributed by atoms with E-state index in [1.54, 1.807) is 0 Å². The molecule has 0 atom stereocenters. The van der Waals surface area contributed by atoms with E-state index >= 15 is 0 Å². The Hall–Kier alpha value is 0.0869. The van der Waals surface area contributed by atoms with Gasteiger partial charge in [0.15, 0.2) is 14.3 Å². The average Bonchev–Trinajstić information content (AvgIpc) is 2.20. The maximum atomic E-state index is 11.7. The summed E-state index contributed by atoms with van der Waals surface area (Å²) in [5, 5.41) is 0.000161. The molecule has 0 aromatic heterocycles.